The molecule has 0 saturated carbocycles. The fraction of sp³-hybridized carbons (Fsp3) is 0.706. The number of hydrogen-bond acceptors (Lipinski definition) is 9. The zero-order valence-electron chi connectivity index (χ0n) is 14.5. The Hall–Kier alpha value is -1.49. The maximum absolute atomic E-state index is 11.3. The fourth-order valence-electron chi connectivity index (χ4n) is 3.65. The molecule has 1 aliphatic carbocycles. The van der Waals surface area contributed by atoms with Gasteiger partial charge in [-0.3, -0.25) is 4.79 Å². The summed E-state index contributed by atoms with van der Waals surface area (Å²) < 4.78 is 21.9. The van der Waals surface area contributed by atoms with Crippen LogP contribution in [0.1, 0.15) is 13.8 Å². The third kappa shape index (κ3) is 3.51. The highest BCUT2D eigenvalue weighted by molar-refractivity contribution is 5.66. The number of esters is 1. The first kappa shape index (κ1) is 19.3. The molecule has 2 heterocycles. The number of fused-ring (bicyclic) bond motifs is 1. The highest BCUT2D eigenvalue weighted by atomic mass is 16.8. The van der Waals surface area contributed by atoms with E-state index in [1.165, 1.54) is 13.2 Å². The van der Waals surface area contributed by atoms with Crippen LogP contribution >= 0.6 is 0 Å². The molecular weight excluding hydrogens is 348 g/mol. The van der Waals surface area contributed by atoms with Crippen LogP contribution in [-0.4, -0.2) is 76.1 Å². The topological polar surface area (TPSA) is 135 Å². The van der Waals surface area contributed by atoms with E-state index >= 15 is 0 Å². The Morgan fingerprint density at radius 3 is 2.58 bits per heavy atom. The lowest BCUT2D eigenvalue weighted by Crippen LogP contribution is -2.60. The Labute approximate surface area is 150 Å². The maximum Gasteiger partial charge on any atom is 0.303 e. The summed E-state index contributed by atoms with van der Waals surface area (Å²) in [5.74, 6) is -0.870. The third-order valence-electron chi connectivity index (χ3n) is 4.97. The SMILES string of the molecule is CC(=O)O[C@@H]1C=C(C)[C@H]2[C@H](O[C@@H]3O[C@H](CO)[C@@H](O)[C@H](O)[C@H]3O)OC=C[C@H]21. The summed E-state index contributed by atoms with van der Waals surface area (Å²) in [4.78, 5) is 11.3. The van der Waals surface area contributed by atoms with Crippen LogP contribution in [0.4, 0.5) is 0 Å². The van der Waals surface area contributed by atoms with Crippen LogP contribution in [0.5, 0.6) is 0 Å². The van der Waals surface area contributed by atoms with Gasteiger partial charge in [0.15, 0.2) is 6.29 Å². The van der Waals surface area contributed by atoms with E-state index in [9.17, 15) is 25.2 Å². The molecule has 26 heavy (non-hydrogen) atoms. The number of carbonyl (C=O) groups excluding carboxylic acids is 1. The van der Waals surface area contributed by atoms with Crippen molar-refractivity contribution in [1.29, 1.82) is 0 Å². The predicted molar refractivity (Wildman–Crippen MR) is 85.2 cm³/mol. The van der Waals surface area contributed by atoms with E-state index < -0.39 is 55.7 Å². The molecule has 4 N–H and O–H groups in total. The number of aliphatic hydroxyl groups is 4. The predicted octanol–water partition coefficient (Wildman–Crippen LogP) is -1.20. The van der Waals surface area contributed by atoms with Crippen molar-refractivity contribution in [3.05, 3.63) is 24.0 Å². The Kier molecular flexibility index (Phi) is 5.66. The molecule has 0 unspecified atom stereocenters. The highest BCUT2D eigenvalue weighted by Crippen LogP contribution is 2.42. The van der Waals surface area contributed by atoms with E-state index in [2.05, 4.69) is 0 Å². The first-order valence-electron chi connectivity index (χ1n) is 8.47. The largest absolute Gasteiger partial charge is 0.472 e. The van der Waals surface area contributed by atoms with Gasteiger partial charge in [0.1, 0.15) is 30.5 Å². The molecule has 0 bridgehead atoms. The van der Waals surface area contributed by atoms with Gasteiger partial charge >= 0.3 is 5.97 Å². The van der Waals surface area contributed by atoms with Crippen LogP contribution in [-0.2, 0) is 23.7 Å². The van der Waals surface area contributed by atoms with Gasteiger partial charge in [0.05, 0.1) is 18.8 Å². The molecule has 1 fully saturated rings. The van der Waals surface area contributed by atoms with Gasteiger partial charge in [-0.1, -0.05) is 5.57 Å². The normalized spacial score (nSPS) is 44.8. The molecule has 0 aromatic carbocycles. The molecule has 2 aliphatic heterocycles. The van der Waals surface area contributed by atoms with Crippen LogP contribution < -0.4 is 0 Å². The van der Waals surface area contributed by atoms with Gasteiger partial charge in [0, 0.05) is 12.8 Å². The third-order valence-corrected chi connectivity index (χ3v) is 4.97. The molecule has 0 amide bonds. The lowest BCUT2D eigenvalue weighted by atomic mass is 9.88. The average molecular weight is 372 g/mol. The van der Waals surface area contributed by atoms with E-state index in [0.29, 0.717) is 0 Å². The smallest absolute Gasteiger partial charge is 0.303 e. The fourth-order valence-corrected chi connectivity index (χ4v) is 3.65. The summed E-state index contributed by atoms with van der Waals surface area (Å²) in [6, 6.07) is 0. The minimum Gasteiger partial charge on any atom is -0.472 e. The lowest BCUT2D eigenvalue weighted by molar-refractivity contribution is -0.339. The van der Waals surface area contributed by atoms with Crippen molar-refractivity contribution in [3.8, 4) is 0 Å². The zero-order chi connectivity index (χ0) is 19.0. The van der Waals surface area contributed by atoms with E-state index in [-0.39, 0.29) is 11.8 Å². The molecule has 0 radical (unpaired) electrons. The number of hydrogen-bond donors (Lipinski definition) is 4. The summed E-state index contributed by atoms with van der Waals surface area (Å²) in [6.07, 6.45) is -3.16. The van der Waals surface area contributed by atoms with E-state index in [1.807, 2.05) is 13.0 Å². The van der Waals surface area contributed by atoms with Crippen molar-refractivity contribution in [2.24, 2.45) is 11.8 Å². The van der Waals surface area contributed by atoms with Gasteiger partial charge in [-0.05, 0) is 19.1 Å². The molecule has 9 nitrogen and oxygen atoms in total. The molecule has 0 spiro atoms. The molecule has 3 aliphatic rings. The highest BCUT2D eigenvalue weighted by Gasteiger charge is 2.49. The second-order valence-electron chi connectivity index (χ2n) is 6.75. The Morgan fingerprint density at radius 1 is 1.19 bits per heavy atom. The molecule has 146 valence electrons. The van der Waals surface area contributed by atoms with Crippen LogP contribution in [0.15, 0.2) is 24.0 Å². The number of aliphatic hydroxyl groups excluding tert-OH is 4. The Balaban J connectivity index is 1.73. The summed E-state index contributed by atoms with van der Waals surface area (Å²) in [6.45, 7) is 2.64. The van der Waals surface area contributed by atoms with Gasteiger partial charge in [0.25, 0.3) is 0 Å². The van der Waals surface area contributed by atoms with E-state index in [1.54, 1.807) is 6.08 Å². The van der Waals surface area contributed by atoms with Crippen molar-refractivity contribution in [3.63, 3.8) is 0 Å². The van der Waals surface area contributed by atoms with Crippen LogP contribution in [0.25, 0.3) is 0 Å². The van der Waals surface area contributed by atoms with Gasteiger partial charge in [-0.25, -0.2) is 0 Å². The lowest BCUT2D eigenvalue weighted by Gasteiger charge is -2.42. The Bertz CT molecular complexity index is 587. The van der Waals surface area contributed by atoms with Crippen molar-refractivity contribution < 1.29 is 44.2 Å². The maximum atomic E-state index is 11.3. The number of ether oxygens (including phenoxy) is 4. The summed E-state index contributed by atoms with van der Waals surface area (Å²) >= 11 is 0. The van der Waals surface area contributed by atoms with E-state index in [4.69, 9.17) is 18.9 Å². The second-order valence-corrected chi connectivity index (χ2v) is 6.75. The summed E-state index contributed by atoms with van der Waals surface area (Å²) in [7, 11) is 0. The monoisotopic (exact) mass is 372 g/mol. The average Bonchev–Trinajstić information content (AvgIpc) is 2.91. The summed E-state index contributed by atoms with van der Waals surface area (Å²) in [5, 5.41) is 39.1. The first-order chi connectivity index (χ1) is 12.3. The van der Waals surface area contributed by atoms with E-state index in [0.717, 1.165) is 5.57 Å². The molecule has 9 atom stereocenters. The van der Waals surface area contributed by atoms with Gasteiger partial charge in [-0.2, -0.15) is 0 Å². The number of rotatable bonds is 4. The molecule has 0 aromatic rings. The molecule has 3 rings (SSSR count). The van der Waals surface area contributed by atoms with Gasteiger partial charge in [-0.15, -0.1) is 0 Å². The minimum absolute atomic E-state index is 0.192. The zero-order valence-corrected chi connectivity index (χ0v) is 14.5. The van der Waals surface area contributed by atoms with Crippen molar-refractivity contribution in [2.45, 2.75) is 56.9 Å². The van der Waals surface area contributed by atoms with Crippen LogP contribution in [0, 0.1) is 11.8 Å². The minimum atomic E-state index is -1.53. The molecular formula is C17H24O9. The molecule has 9 heteroatoms. The number of carbonyl (C=O) groups is 1. The first-order valence-corrected chi connectivity index (χ1v) is 8.47. The van der Waals surface area contributed by atoms with Crippen molar-refractivity contribution in [1.82, 2.24) is 0 Å². The summed E-state index contributed by atoms with van der Waals surface area (Å²) in [5.41, 5.74) is 0.889. The molecule has 0 aromatic heterocycles. The Morgan fingerprint density at radius 2 is 1.92 bits per heavy atom. The van der Waals surface area contributed by atoms with Crippen LogP contribution in [0.2, 0.25) is 0 Å². The van der Waals surface area contributed by atoms with Crippen molar-refractivity contribution >= 4 is 5.97 Å². The van der Waals surface area contributed by atoms with Crippen LogP contribution in [0.3, 0.4) is 0 Å². The standard InChI is InChI=1S/C17H24O9/c1-7-5-10(24-8(2)19)9-3-4-23-16(12(7)9)26-17-15(22)14(21)13(20)11(6-18)25-17/h3-5,9-18,20-22H,6H2,1-2H3/t9-,10+,11+,12+,13+,14-,15+,16-,17-/m0/s1. The van der Waals surface area contributed by atoms with Gasteiger partial charge < -0.3 is 39.4 Å². The molecule has 1 saturated heterocycles. The second kappa shape index (κ2) is 7.63. The quantitative estimate of drug-likeness (QED) is 0.354. The van der Waals surface area contributed by atoms with Crippen molar-refractivity contribution in [2.75, 3.05) is 6.61 Å². The van der Waals surface area contributed by atoms with Gasteiger partial charge in [0.2, 0.25) is 6.29 Å².